The van der Waals surface area contributed by atoms with Gasteiger partial charge in [-0.1, -0.05) is 50.7 Å². The number of nitrogens with zero attached hydrogens (tertiary/aromatic N) is 3. The molecule has 0 fully saturated rings. The molecule has 6 heteroatoms. The van der Waals surface area contributed by atoms with Gasteiger partial charge in [-0.05, 0) is 37.6 Å². The van der Waals surface area contributed by atoms with Crippen molar-refractivity contribution in [1.82, 2.24) is 15.0 Å². The van der Waals surface area contributed by atoms with Crippen molar-refractivity contribution in [1.29, 1.82) is 0 Å². The Hall–Kier alpha value is -3.02. The second kappa shape index (κ2) is 10.5. The number of unbranched alkanes of at least 4 members (excludes halogenated alkanes) is 5. The summed E-state index contributed by atoms with van der Waals surface area (Å²) < 4.78 is 5.97. The zero-order valence-electron chi connectivity index (χ0n) is 17.1. The highest BCUT2D eigenvalue weighted by molar-refractivity contribution is 5.92. The SMILES string of the molecule is CCCCCCCCC(=O)Nc1cccnc1Oc1ncnc2ccc(C)cc12. The van der Waals surface area contributed by atoms with Crippen LogP contribution in [0.5, 0.6) is 11.8 Å². The zero-order chi connectivity index (χ0) is 20.5. The van der Waals surface area contributed by atoms with Crippen LogP contribution in [0, 0.1) is 6.92 Å². The number of ether oxygens (including phenoxy) is 1. The molecule has 1 aromatic carbocycles. The highest BCUT2D eigenvalue weighted by Gasteiger charge is 2.13. The first-order chi connectivity index (χ1) is 14.2. The van der Waals surface area contributed by atoms with Gasteiger partial charge in [0.2, 0.25) is 17.7 Å². The first kappa shape index (κ1) is 20.7. The Bertz CT molecular complexity index is 959. The molecule has 0 aliphatic carbocycles. The average molecular weight is 393 g/mol. The molecule has 0 unspecified atom stereocenters. The Morgan fingerprint density at radius 2 is 1.83 bits per heavy atom. The minimum atomic E-state index is -0.0262. The van der Waals surface area contributed by atoms with Crippen molar-refractivity contribution in [3.05, 3.63) is 48.4 Å². The lowest BCUT2D eigenvalue weighted by molar-refractivity contribution is -0.116. The molecule has 0 radical (unpaired) electrons. The van der Waals surface area contributed by atoms with E-state index in [1.807, 2.05) is 25.1 Å². The molecule has 6 nitrogen and oxygen atoms in total. The van der Waals surface area contributed by atoms with E-state index in [0.29, 0.717) is 23.9 Å². The van der Waals surface area contributed by atoms with Crippen LogP contribution in [-0.2, 0) is 4.79 Å². The van der Waals surface area contributed by atoms with Crippen LogP contribution in [0.25, 0.3) is 10.9 Å². The Morgan fingerprint density at radius 3 is 2.69 bits per heavy atom. The van der Waals surface area contributed by atoms with Crippen molar-refractivity contribution in [2.24, 2.45) is 0 Å². The Balaban J connectivity index is 1.65. The van der Waals surface area contributed by atoms with Gasteiger partial charge in [-0.3, -0.25) is 4.79 Å². The summed E-state index contributed by atoms with van der Waals surface area (Å²) in [6, 6.07) is 9.46. The topological polar surface area (TPSA) is 77.0 Å². The Labute approximate surface area is 171 Å². The van der Waals surface area contributed by atoms with E-state index in [1.165, 1.54) is 32.0 Å². The van der Waals surface area contributed by atoms with Gasteiger partial charge >= 0.3 is 0 Å². The van der Waals surface area contributed by atoms with Crippen LogP contribution in [-0.4, -0.2) is 20.9 Å². The summed E-state index contributed by atoms with van der Waals surface area (Å²) in [6.45, 7) is 4.21. The number of amides is 1. The molecule has 29 heavy (non-hydrogen) atoms. The maximum Gasteiger partial charge on any atom is 0.245 e. The minimum absolute atomic E-state index is 0.0262. The van der Waals surface area contributed by atoms with Crippen molar-refractivity contribution in [2.75, 3.05) is 5.32 Å². The van der Waals surface area contributed by atoms with Crippen molar-refractivity contribution in [3.63, 3.8) is 0 Å². The average Bonchev–Trinajstić information content (AvgIpc) is 2.72. The smallest absolute Gasteiger partial charge is 0.245 e. The molecule has 0 spiro atoms. The lowest BCUT2D eigenvalue weighted by Crippen LogP contribution is -2.12. The summed E-state index contributed by atoms with van der Waals surface area (Å²) >= 11 is 0. The van der Waals surface area contributed by atoms with Crippen LogP contribution < -0.4 is 10.1 Å². The maximum atomic E-state index is 12.3. The van der Waals surface area contributed by atoms with Gasteiger partial charge in [0.05, 0.1) is 10.9 Å². The van der Waals surface area contributed by atoms with E-state index in [4.69, 9.17) is 4.74 Å². The molecule has 1 amide bonds. The summed E-state index contributed by atoms with van der Waals surface area (Å²) in [5.41, 5.74) is 2.43. The number of nitrogens with one attached hydrogen (secondary N) is 1. The van der Waals surface area contributed by atoms with Gasteiger partial charge in [0.1, 0.15) is 12.0 Å². The van der Waals surface area contributed by atoms with Gasteiger partial charge in [0.25, 0.3) is 0 Å². The predicted octanol–water partition coefficient (Wildman–Crippen LogP) is 5.81. The molecular formula is C23H28N4O2. The minimum Gasteiger partial charge on any atom is -0.418 e. The second-order valence-electron chi connectivity index (χ2n) is 7.22. The highest BCUT2D eigenvalue weighted by Crippen LogP contribution is 2.30. The standard InChI is InChI=1S/C23H28N4O2/c1-3-4-5-6-7-8-11-21(28)27-20-10-9-14-24-23(20)29-22-18-15-17(2)12-13-19(18)25-16-26-22/h9-10,12-16H,3-8,11H2,1-2H3,(H,27,28). The van der Waals surface area contributed by atoms with Crippen LogP contribution >= 0.6 is 0 Å². The fourth-order valence-electron chi connectivity index (χ4n) is 3.17. The van der Waals surface area contributed by atoms with Gasteiger partial charge in [-0.25, -0.2) is 15.0 Å². The second-order valence-corrected chi connectivity index (χ2v) is 7.22. The normalized spacial score (nSPS) is 10.8. The molecule has 3 rings (SSSR count). The number of anilines is 1. The molecule has 0 bridgehead atoms. The van der Waals surface area contributed by atoms with E-state index in [-0.39, 0.29) is 5.91 Å². The van der Waals surface area contributed by atoms with Gasteiger partial charge in [0.15, 0.2) is 0 Å². The lowest BCUT2D eigenvalue weighted by Gasteiger charge is -2.12. The molecule has 0 aliphatic heterocycles. The van der Waals surface area contributed by atoms with E-state index >= 15 is 0 Å². The maximum absolute atomic E-state index is 12.3. The number of rotatable bonds is 10. The number of hydrogen-bond donors (Lipinski definition) is 1. The van der Waals surface area contributed by atoms with Crippen LogP contribution in [0.4, 0.5) is 5.69 Å². The number of pyridine rings is 1. The first-order valence-corrected chi connectivity index (χ1v) is 10.3. The van der Waals surface area contributed by atoms with E-state index in [0.717, 1.165) is 29.3 Å². The fraction of sp³-hybridized carbons (Fsp3) is 0.391. The fourth-order valence-corrected chi connectivity index (χ4v) is 3.17. The van der Waals surface area contributed by atoms with Gasteiger partial charge < -0.3 is 10.1 Å². The Morgan fingerprint density at radius 1 is 1.00 bits per heavy atom. The third-order valence-electron chi connectivity index (χ3n) is 4.75. The van der Waals surface area contributed by atoms with Crippen molar-refractivity contribution >= 4 is 22.5 Å². The highest BCUT2D eigenvalue weighted by atomic mass is 16.5. The van der Waals surface area contributed by atoms with Crippen LogP contribution in [0.15, 0.2) is 42.9 Å². The number of carbonyl (C=O) groups excluding carboxylic acids is 1. The first-order valence-electron chi connectivity index (χ1n) is 10.3. The largest absolute Gasteiger partial charge is 0.418 e. The number of benzene rings is 1. The summed E-state index contributed by atoms with van der Waals surface area (Å²) in [5, 5.41) is 3.73. The van der Waals surface area contributed by atoms with Crippen molar-refractivity contribution in [3.8, 4) is 11.8 Å². The van der Waals surface area contributed by atoms with Gasteiger partial charge in [0, 0.05) is 12.6 Å². The zero-order valence-corrected chi connectivity index (χ0v) is 17.1. The van der Waals surface area contributed by atoms with E-state index in [1.54, 1.807) is 18.3 Å². The number of fused-ring (bicyclic) bond motifs is 1. The molecule has 152 valence electrons. The molecular weight excluding hydrogens is 364 g/mol. The van der Waals surface area contributed by atoms with Gasteiger partial charge in [-0.15, -0.1) is 0 Å². The predicted molar refractivity (Wildman–Crippen MR) is 115 cm³/mol. The number of carbonyl (C=O) groups is 1. The summed E-state index contributed by atoms with van der Waals surface area (Å²) in [6.07, 6.45) is 10.5. The lowest BCUT2D eigenvalue weighted by atomic mass is 10.1. The summed E-state index contributed by atoms with van der Waals surface area (Å²) in [4.78, 5) is 25.2. The number of aryl methyl sites for hydroxylation is 1. The molecule has 0 saturated heterocycles. The van der Waals surface area contributed by atoms with E-state index in [2.05, 4.69) is 27.2 Å². The Kier molecular flexibility index (Phi) is 7.50. The molecule has 0 atom stereocenters. The van der Waals surface area contributed by atoms with Crippen molar-refractivity contribution < 1.29 is 9.53 Å². The molecule has 3 aromatic rings. The molecule has 0 aliphatic rings. The van der Waals surface area contributed by atoms with Crippen LogP contribution in [0.2, 0.25) is 0 Å². The third kappa shape index (κ3) is 5.98. The van der Waals surface area contributed by atoms with Crippen LogP contribution in [0.1, 0.15) is 57.4 Å². The number of hydrogen-bond acceptors (Lipinski definition) is 5. The van der Waals surface area contributed by atoms with Crippen LogP contribution in [0.3, 0.4) is 0 Å². The molecule has 2 aromatic heterocycles. The van der Waals surface area contributed by atoms with Crippen molar-refractivity contribution in [2.45, 2.75) is 58.8 Å². The molecule has 2 heterocycles. The summed E-state index contributed by atoms with van der Waals surface area (Å²) in [5.74, 6) is 0.718. The van der Waals surface area contributed by atoms with E-state index < -0.39 is 0 Å². The number of aromatic nitrogens is 3. The molecule has 1 N–H and O–H groups in total. The van der Waals surface area contributed by atoms with Gasteiger partial charge in [-0.2, -0.15) is 0 Å². The molecule has 0 saturated carbocycles. The summed E-state index contributed by atoms with van der Waals surface area (Å²) in [7, 11) is 0. The third-order valence-corrected chi connectivity index (χ3v) is 4.75. The van der Waals surface area contributed by atoms with E-state index in [9.17, 15) is 4.79 Å². The monoisotopic (exact) mass is 392 g/mol. The quantitative estimate of drug-likeness (QED) is 0.440.